The minimum atomic E-state index is -0.0815. The van der Waals surface area contributed by atoms with Crippen molar-refractivity contribution in [2.45, 2.75) is 13.5 Å². The van der Waals surface area contributed by atoms with Gasteiger partial charge in [0.15, 0.2) is 0 Å². The number of anilines is 1. The molecule has 0 aliphatic carbocycles. The molecule has 2 rings (SSSR count). The first-order valence-corrected chi connectivity index (χ1v) is 7.02. The Hall–Kier alpha value is -1.52. The van der Waals surface area contributed by atoms with E-state index in [-0.39, 0.29) is 5.91 Å². The predicted molar refractivity (Wildman–Crippen MR) is 80.7 cm³/mol. The van der Waals surface area contributed by atoms with Gasteiger partial charge in [-0.1, -0.05) is 17.7 Å². The number of aryl methyl sites for hydroxylation is 1. The second kappa shape index (κ2) is 5.63. The van der Waals surface area contributed by atoms with Crippen molar-refractivity contribution in [3.8, 4) is 0 Å². The summed E-state index contributed by atoms with van der Waals surface area (Å²) in [5.41, 5.74) is 7.99. The number of thiophene rings is 1. The van der Waals surface area contributed by atoms with Crippen LogP contribution in [0.15, 0.2) is 30.3 Å². The van der Waals surface area contributed by atoms with Crippen LogP contribution in [-0.2, 0) is 6.54 Å². The maximum atomic E-state index is 12.3. The molecule has 0 saturated heterocycles. The van der Waals surface area contributed by atoms with E-state index in [9.17, 15) is 4.79 Å². The Labute approximate surface area is 121 Å². The van der Waals surface area contributed by atoms with Crippen molar-refractivity contribution in [1.29, 1.82) is 0 Å². The zero-order valence-corrected chi connectivity index (χ0v) is 12.4. The summed E-state index contributed by atoms with van der Waals surface area (Å²) in [4.78, 5) is 15.0. The van der Waals surface area contributed by atoms with Gasteiger partial charge in [-0.15, -0.1) is 11.3 Å². The maximum Gasteiger partial charge on any atom is 0.256 e. The van der Waals surface area contributed by atoms with Crippen LogP contribution in [0, 0.1) is 6.92 Å². The molecule has 5 heteroatoms. The molecule has 0 saturated carbocycles. The Bertz CT molecular complexity index is 609. The fourth-order valence-electron chi connectivity index (χ4n) is 1.82. The van der Waals surface area contributed by atoms with Crippen molar-refractivity contribution >= 4 is 34.5 Å². The van der Waals surface area contributed by atoms with Crippen LogP contribution in [0.1, 0.15) is 20.8 Å². The van der Waals surface area contributed by atoms with Gasteiger partial charge in [0.25, 0.3) is 5.91 Å². The number of rotatable bonds is 3. The molecule has 1 amide bonds. The highest BCUT2D eigenvalue weighted by Gasteiger charge is 2.15. The first kappa shape index (κ1) is 13.9. The lowest BCUT2D eigenvalue weighted by Crippen LogP contribution is -2.26. The van der Waals surface area contributed by atoms with Crippen LogP contribution in [-0.4, -0.2) is 17.9 Å². The molecule has 1 aromatic carbocycles. The van der Waals surface area contributed by atoms with Gasteiger partial charge in [0.2, 0.25) is 0 Å². The number of carbonyl (C=O) groups excluding carboxylic acids is 1. The van der Waals surface area contributed by atoms with E-state index in [0.717, 1.165) is 14.8 Å². The molecule has 19 heavy (non-hydrogen) atoms. The van der Waals surface area contributed by atoms with Gasteiger partial charge in [-0.3, -0.25) is 4.79 Å². The molecule has 0 radical (unpaired) electrons. The summed E-state index contributed by atoms with van der Waals surface area (Å²) < 4.78 is 0.727. The number of carbonyl (C=O) groups is 1. The van der Waals surface area contributed by atoms with Crippen molar-refractivity contribution < 1.29 is 4.79 Å². The number of benzene rings is 1. The second-order valence-corrected chi connectivity index (χ2v) is 6.26. The van der Waals surface area contributed by atoms with Crippen LogP contribution in [0.5, 0.6) is 0 Å². The van der Waals surface area contributed by atoms with Gasteiger partial charge in [0.05, 0.1) is 16.4 Å². The van der Waals surface area contributed by atoms with Crippen molar-refractivity contribution in [3.63, 3.8) is 0 Å². The summed E-state index contributed by atoms with van der Waals surface area (Å²) in [5, 5.41) is 0. The van der Waals surface area contributed by atoms with Crippen LogP contribution >= 0.6 is 22.9 Å². The van der Waals surface area contributed by atoms with Gasteiger partial charge < -0.3 is 10.6 Å². The molecule has 0 atom stereocenters. The van der Waals surface area contributed by atoms with E-state index in [1.165, 1.54) is 11.3 Å². The third kappa shape index (κ3) is 3.28. The predicted octanol–water partition coefficient (Wildman–Crippen LogP) is 3.56. The van der Waals surface area contributed by atoms with E-state index in [0.29, 0.717) is 17.8 Å². The average molecular weight is 295 g/mol. The summed E-state index contributed by atoms with van der Waals surface area (Å²) in [6.07, 6.45) is 0. The monoisotopic (exact) mass is 294 g/mol. The normalized spacial score (nSPS) is 10.5. The van der Waals surface area contributed by atoms with E-state index < -0.39 is 0 Å². The first-order valence-electron chi connectivity index (χ1n) is 5.83. The number of nitrogens with zero attached hydrogens (tertiary/aromatic N) is 1. The van der Waals surface area contributed by atoms with E-state index in [2.05, 4.69) is 0 Å². The molecular weight excluding hydrogens is 280 g/mol. The molecule has 1 aromatic heterocycles. The van der Waals surface area contributed by atoms with Crippen molar-refractivity contribution in [1.82, 2.24) is 4.90 Å². The summed E-state index contributed by atoms with van der Waals surface area (Å²) in [6.45, 7) is 2.48. The standard InChI is InChI=1S/C14H15ClN2OS/c1-9-3-5-11(12(16)7-9)14(18)17(2)8-10-4-6-13(15)19-10/h3-7H,8,16H2,1-2H3. The Morgan fingerprint density at radius 1 is 1.37 bits per heavy atom. The fourth-order valence-corrected chi connectivity index (χ4v) is 2.97. The van der Waals surface area contributed by atoms with Crippen molar-refractivity contribution in [2.24, 2.45) is 0 Å². The summed E-state index contributed by atoms with van der Waals surface area (Å²) in [6, 6.07) is 9.23. The average Bonchev–Trinajstić information content (AvgIpc) is 2.74. The minimum absolute atomic E-state index is 0.0815. The number of hydrogen-bond donors (Lipinski definition) is 1. The number of halogens is 1. The van der Waals surface area contributed by atoms with Crippen molar-refractivity contribution in [2.75, 3.05) is 12.8 Å². The number of nitrogens with two attached hydrogens (primary N) is 1. The minimum Gasteiger partial charge on any atom is -0.398 e. The Morgan fingerprint density at radius 3 is 2.68 bits per heavy atom. The molecule has 0 fully saturated rings. The second-order valence-electron chi connectivity index (χ2n) is 4.46. The molecule has 2 aromatic rings. The summed E-state index contributed by atoms with van der Waals surface area (Å²) in [5.74, 6) is -0.0815. The van der Waals surface area contributed by atoms with Crippen molar-refractivity contribution in [3.05, 3.63) is 50.7 Å². The zero-order chi connectivity index (χ0) is 14.0. The lowest BCUT2D eigenvalue weighted by molar-refractivity contribution is 0.0787. The van der Waals surface area contributed by atoms with Crippen LogP contribution in [0.25, 0.3) is 0 Å². The fraction of sp³-hybridized carbons (Fsp3) is 0.214. The molecule has 0 aliphatic heterocycles. The quantitative estimate of drug-likeness (QED) is 0.880. The van der Waals surface area contributed by atoms with E-state index in [1.54, 1.807) is 18.0 Å². The number of hydrogen-bond acceptors (Lipinski definition) is 3. The molecule has 0 aliphatic rings. The third-order valence-corrected chi connectivity index (χ3v) is 4.02. The van der Waals surface area contributed by atoms with Gasteiger partial charge in [0.1, 0.15) is 0 Å². The van der Waals surface area contributed by atoms with Gasteiger partial charge >= 0.3 is 0 Å². The van der Waals surface area contributed by atoms with Crippen LogP contribution in [0.3, 0.4) is 0 Å². The third-order valence-electron chi connectivity index (χ3n) is 2.81. The Balaban J connectivity index is 2.14. The van der Waals surface area contributed by atoms with Crippen LogP contribution in [0.2, 0.25) is 4.34 Å². The first-order chi connectivity index (χ1) is 8.97. The highest BCUT2D eigenvalue weighted by Crippen LogP contribution is 2.23. The van der Waals surface area contributed by atoms with Crippen LogP contribution < -0.4 is 5.73 Å². The highest BCUT2D eigenvalue weighted by atomic mass is 35.5. The van der Waals surface area contributed by atoms with Gasteiger partial charge in [-0.05, 0) is 36.8 Å². The largest absolute Gasteiger partial charge is 0.398 e. The van der Waals surface area contributed by atoms with E-state index >= 15 is 0 Å². The van der Waals surface area contributed by atoms with E-state index in [1.807, 2.05) is 31.2 Å². The molecule has 3 nitrogen and oxygen atoms in total. The molecule has 0 unspecified atom stereocenters. The maximum absolute atomic E-state index is 12.3. The smallest absolute Gasteiger partial charge is 0.256 e. The topological polar surface area (TPSA) is 46.3 Å². The Morgan fingerprint density at radius 2 is 2.11 bits per heavy atom. The molecule has 1 heterocycles. The molecule has 100 valence electrons. The van der Waals surface area contributed by atoms with E-state index in [4.69, 9.17) is 17.3 Å². The number of amides is 1. The van der Waals surface area contributed by atoms with Gasteiger partial charge in [-0.25, -0.2) is 0 Å². The summed E-state index contributed by atoms with van der Waals surface area (Å²) >= 11 is 7.35. The SMILES string of the molecule is Cc1ccc(C(=O)N(C)Cc2ccc(Cl)s2)c(N)c1. The number of nitrogen functional groups attached to an aromatic ring is 1. The van der Waals surface area contributed by atoms with Gasteiger partial charge in [0, 0.05) is 17.6 Å². The molecule has 0 bridgehead atoms. The van der Waals surface area contributed by atoms with Gasteiger partial charge in [-0.2, -0.15) is 0 Å². The highest BCUT2D eigenvalue weighted by molar-refractivity contribution is 7.16. The van der Waals surface area contributed by atoms with Crippen LogP contribution in [0.4, 0.5) is 5.69 Å². The lowest BCUT2D eigenvalue weighted by Gasteiger charge is -2.17. The zero-order valence-electron chi connectivity index (χ0n) is 10.8. The lowest BCUT2D eigenvalue weighted by atomic mass is 10.1. The Kier molecular flexibility index (Phi) is 4.12. The summed E-state index contributed by atoms with van der Waals surface area (Å²) in [7, 11) is 1.76. The molecule has 2 N–H and O–H groups in total. The molecular formula is C14H15ClN2OS. The molecule has 0 spiro atoms.